The fourth-order valence-electron chi connectivity index (χ4n) is 2.67. The first-order valence-corrected chi connectivity index (χ1v) is 7.85. The molecule has 1 saturated carbocycles. The Balaban J connectivity index is 1.97. The second kappa shape index (κ2) is 5.65. The molecule has 16 heavy (non-hydrogen) atoms. The van der Waals surface area contributed by atoms with E-state index in [9.17, 15) is 5.11 Å². The van der Waals surface area contributed by atoms with Crippen LogP contribution in [0.3, 0.4) is 0 Å². The summed E-state index contributed by atoms with van der Waals surface area (Å²) < 4.78 is 1.07. The number of hydrogen-bond acceptors (Lipinski definition) is 2. The maximum absolute atomic E-state index is 10.4. The van der Waals surface area contributed by atoms with Gasteiger partial charge in [0.1, 0.15) is 0 Å². The Labute approximate surface area is 110 Å². The average molecular weight is 303 g/mol. The molecule has 0 bridgehead atoms. The summed E-state index contributed by atoms with van der Waals surface area (Å²) in [5, 5.41) is 14.5. The van der Waals surface area contributed by atoms with Gasteiger partial charge in [-0.3, -0.25) is 0 Å². The largest absolute Gasteiger partial charge is 0.388 e. The van der Waals surface area contributed by atoms with Crippen LogP contribution in [0, 0.1) is 11.8 Å². The first-order chi connectivity index (χ1) is 7.72. The van der Waals surface area contributed by atoms with Crippen LogP contribution in [0.1, 0.15) is 50.7 Å². The third-order valence-corrected chi connectivity index (χ3v) is 5.63. The highest BCUT2D eigenvalue weighted by molar-refractivity contribution is 9.10. The van der Waals surface area contributed by atoms with Gasteiger partial charge in [0.25, 0.3) is 0 Å². The van der Waals surface area contributed by atoms with Crippen LogP contribution in [-0.4, -0.2) is 5.11 Å². The molecule has 1 aromatic rings. The molecule has 1 unspecified atom stereocenters. The summed E-state index contributed by atoms with van der Waals surface area (Å²) in [7, 11) is 0. The fourth-order valence-corrected chi connectivity index (χ4v) is 4.23. The third-order valence-electron chi connectivity index (χ3n) is 3.88. The topological polar surface area (TPSA) is 20.2 Å². The lowest BCUT2D eigenvalue weighted by molar-refractivity contribution is 0.0727. The predicted molar refractivity (Wildman–Crippen MR) is 72.7 cm³/mol. The van der Waals surface area contributed by atoms with Gasteiger partial charge in [-0.1, -0.05) is 26.2 Å². The van der Waals surface area contributed by atoms with Crippen LogP contribution in [0.15, 0.2) is 15.2 Å². The number of halogens is 1. The molecule has 0 aliphatic heterocycles. The molecule has 1 atom stereocenters. The first-order valence-electron chi connectivity index (χ1n) is 6.12. The van der Waals surface area contributed by atoms with Crippen molar-refractivity contribution in [1.29, 1.82) is 0 Å². The van der Waals surface area contributed by atoms with Crippen LogP contribution < -0.4 is 0 Å². The molecule has 1 nitrogen and oxygen atoms in total. The average Bonchev–Trinajstić information content (AvgIpc) is 2.75. The Morgan fingerprint density at radius 2 is 2.06 bits per heavy atom. The van der Waals surface area contributed by atoms with E-state index < -0.39 is 0 Å². The first kappa shape index (κ1) is 12.6. The monoisotopic (exact) mass is 302 g/mol. The van der Waals surface area contributed by atoms with Gasteiger partial charge in [0.2, 0.25) is 0 Å². The van der Waals surface area contributed by atoms with Crippen molar-refractivity contribution in [3.8, 4) is 0 Å². The zero-order valence-corrected chi connectivity index (χ0v) is 12.1. The Kier molecular flexibility index (Phi) is 4.45. The van der Waals surface area contributed by atoms with Crippen molar-refractivity contribution in [2.45, 2.75) is 45.1 Å². The van der Waals surface area contributed by atoms with Crippen molar-refractivity contribution < 1.29 is 5.11 Å². The second-order valence-electron chi connectivity index (χ2n) is 4.81. The van der Waals surface area contributed by atoms with Crippen molar-refractivity contribution in [2.75, 3.05) is 0 Å². The van der Waals surface area contributed by atoms with Crippen LogP contribution in [0.2, 0.25) is 0 Å². The van der Waals surface area contributed by atoms with Crippen molar-refractivity contribution in [3.63, 3.8) is 0 Å². The van der Waals surface area contributed by atoms with Gasteiger partial charge in [0.15, 0.2) is 0 Å². The zero-order chi connectivity index (χ0) is 11.5. The highest BCUT2D eigenvalue weighted by Gasteiger charge is 2.27. The molecular weight excluding hydrogens is 284 g/mol. The van der Waals surface area contributed by atoms with Gasteiger partial charge in [0, 0.05) is 15.4 Å². The van der Waals surface area contributed by atoms with E-state index in [1.807, 2.05) is 0 Å². The molecule has 0 spiro atoms. The number of rotatable bonds is 3. The molecular formula is C13H19BrOS. The highest BCUT2D eigenvalue weighted by Crippen LogP contribution is 2.40. The Morgan fingerprint density at radius 3 is 2.56 bits per heavy atom. The molecule has 3 heteroatoms. The lowest BCUT2D eigenvalue weighted by Gasteiger charge is -2.31. The van der Waals surface area contributed by atoms with E-state index in [4.69, 9.17) is 0 Å². The van der Waals surface area contributed by atoms with Crippen molar-refractivity contribution in [3.05, 3.63) is 20.8 Å². The summed E-state index contributed by atoms with van der Waals surface area (Å²) in [6.45, 7) is 2.27. The van der Waals surface area contributed by atoms with Gasteiger partial charge in [-0.15, -0.1) is 0 Å². The van der Waals surface area contributed by atoms with Crippen LogP contribution in [-0.2, 0) is 0 Å². The van der Waals surface area contributed by atoms with Gasteiger partial charge in [-0.2, -0.15) is 11.3 Å². The molecule has 1 aliphatic rings. The van der Waals surface area contributed by atoms with E-state index in [0.29, 0.717) is 5.92 Å². The molecule has 1 N–H and O–H groups in total. The minimum Gasteiger partial charge on any atom is -0.388 e. The van der Waals surface area contributed by atoms with E-state index >= 15 is 0 Å². The summed E-state index contributed by atoms with van der Waals surface area (Å²) >= 11 is 5.17. The number of hydrogen-bond donors (Lipinski definition) is 1. The molecule has 90 valence electrons. The standard InChI is InChI=1S/C13H19BrOS/c1-2-9-3-5-10(6-4-9)13(15)11-7-16-8-12(11)14/h7-10,13,15H,2-6H2,1H3. The summed E-state index contributed by atoms with van der Waals surface area (Å²) in [6, 6.07) is 0. The molecule has 1 aromatic heterocycles. The predicted octanol–water partition coefficient (Wildman–Crippen LogP) is 4.76. The Bertz CT molecular complexity index is 328. The number of aliphatic hydroxyl groups is 1. The van der Waals surface area contributed by atoms with E-state index in [-0.39, 0.29) is 6.10 Å². The van der Waals surface area contributed by atoms with E-state index in [1.165, 1.54) is 32.1 Å². The van der Waals surface area contributed by atoms with E-state index in [1.54, 1.807) is 11.3 Å². The van der Waals surface area contributed by atoms with Gasteiger partial charge in [-0.05, 0) is 46.0 Å². The molecule has 1 aliphatic carbocycles. The van der Waals surface area contributed by atoms with Crippen molar-refractivity contribution in [2.24, 2.45) is 11.8 Å². The van der Waals surface area contributed by atoms with Crippen molar-refractivity contribution in [1.82, 2.24) is 0 Å². The van der Waals surface area contributed by atoms with Gasteiger partial charge in [-0.25, -0.2) is 0 Å². The van der Waals surface area contributed by atoms with Gasteiger partial charge in [0.05, 0.1) is 6.10 Å². The number of aliphatic hydroxyl groups excluding tert-OH is 1. The molecule has 0 saturated heterocycles. The molecule has 1 heterocycles. The van der Waals surface area contributed by atoms with Crippen LogP contribution in [0.4, 0.5) is 0 Å². The minimum atomic E-state index is -0.265. The maximum Gasteiger partial charge on any atom is 0.0837 e. The Hall–Kier alpha value is 0.140. The lowest BCUT2D eigenvalue weighted by atomic mass is 9.77. The quantitative estimate of drug-likeness (QED) is 0.853. The molecule has 1 fully saturated rings. The van der Waals surface area contributed by atoms with E-state index in [0.717, 1.165) is 16.0 Å². The van der Waals surface area contributed by atoms with Crippen LogP contribution in [0.5, 0.6) is 0 Å². The molecule has 2 rings (SSSR count). The normalized spacial score (nSPS) is 27.9. The molecule has 0 amide bonds. The molecule has 0 aromatic carbocycles. The van der Waals surface area contributed by atoms with Crippen LogP contribution in [0.25, 0.3) is 0 Å². The third kappa shape index (κ3) is 2.69. The van der Waals surface area contributed by atoms with Gasteiger partial charge < -0.3 is 5.11 Å². The number of thiophene rings is 1. The van der Waals surface area contributed by atoms with Crippen molar-refractivity contribution >= 4 is 27.3 Å². The minimum absolute atomic E-state index is 0.265. The Morgan fingerprint density at radius 1 is 1.38 bits per heavy atom. The lowest BCUT2D eigenvalue weighted by Crippen LogP contribution is -2.20. The summed E-state index contributed by atoms with van der Waals surface area (Å²) in [6.07, 6.45) is 5.98. The fraction of sp³-hybridized carbons (Fsp3) is 0.692. The SMILES string of the molecule is CCC1CCC(C(O)c2cscc2Br)CC1. The smallest absolute Gasteiger partial charge is 0.0837 e. The summed E-state index contributed by atoms with van der Waals surface area (Å²) in [4.78, 5) is 0. The highest BCUT2D eigenvalue weighted by atomic mass is 79.9. The van der Waals surface area contributed by atoms with E-state index in [2.05, 4.69) is 33.6 Å². The van der Waals surface area contributed by atoms with Gasteiger partial charge >= 0.3 is 0 Å². The summed E-state index contributed by atoms with van der Waals surface area (Å²) in [5.41, 5.74) is 1.09. The zero-order valence-electron chi connectivity index (χ0n) is 9.66. The summed E-state index contributed by atoms with van der Waals surface area (Å²) in [5.74, 6) is 1.36. The second-order valence-corrected chi connectivity index (χ2v) is 6.41. The maximum atomic E-state index is 10.4. The molecule has 0 radical (unpaired) electrons. The van der Waals surface area contributed by atoms with Crippen LogP contribution >= 0.6 is 27.3 Å².